The summed E-state index contributed by atoms with van der Waals surface area (Å²) in [5.74, 6) is 0.0825. The first-order chi connectivity index (χ1) is 12.3. The number of para-hydroxylation sites is 1. The van der Waals surface area contributed by atoms with E-state index in [-0.39, 0.29) is 5.91 Å². The van der Waals surface area contributed by atoms with Crippen molar-refractivity contribution in [3.8, 4) is 0 Å². The summed E-state index contributed by atoms with van der Waals surface area (Å²) in [6.45, 7) is 3.36. The number of hydrogen-bond acceptors (Lipinski definition) is 3. The van der Waals surface area contributed by atoms with E-state index in [0.29, 0.717) is 12.6 Å². The largest absolute Gasteiger partial charge is 0.380 e. The van der Waals surface area contributed by atoms with Crippen LogP contribution in [0.25, 0.3) is 0 Å². The van der Waals surface area contributed by atoms with Crippen LogP contribution in [-0.4, -0.2) is 37.0 Å². The number of carbonyl (C=O) groups excluding carboxylic acids is 1. The van der Waals surface area contributed by atoms with Crippen molar-refractivity contribution in [3.05, 3.63) is 65.2 Å². The van der Waals surface area contributed by atoms with Crippen molar-refractivity contribution >= 4 is 11.6 Å². The molecule has 4 heteroatoms. The summed E-state index contributed by atoms with van der Waals surface area (Å²) in [6.07, 6.45) is 2.39. The molecule has 4 rings (SSSR count). The zero-order valence-electron chi connectivity index (χ0n) is 14.6. The molecule has 0 radical (unpaired) electrons. The van der Waals surface area contributed by atoms with Crippen molar-refractivity contribution in [1.82, 2.24) is 4.90 Å². The number of fused-ring (bicyclic) bond motifs is 2. The molecule has 1 amide bonds. The maximum Gasteiger partial charge on any atom is 0.258 e. The van der Waals surface area contributed by atoms with E-state index < -0.39 is 0 Å². The molecule has 1 unspecified atom stereocenters. The van der Waals surface area contributed by atoms with Crippen LogP contribution in [0.5, 0.6) is 0 Å². The molecule has 25 heavy (non-hydrogen) atoms. The molecule has 2 aromatic rings. The summed E-state index contributed by atoms with van der Waals surface area (Å²) in [5.41, 5.74) is 4.06. The van der Waals surface area contributed by atoms with Gasteiger partial charge in [-0.05, 0) is 48.7 Å². The number of ether oxygens (including phenoxy) is 1. The highest BCUT2D eigenvalue weighted by molar-refractivity contribution is 6.06. The molecule has 0 N–H and O–H groups in total. The summed E-state index contributed by atoms with van der Waals surface area (Å²) in [6, 6.07) is 16.6. The fraction of sp³-hybridized carbons (Fsp3) is 0.381. The molecule has 2 aliphatic rings. The van der Waals surface area contributed by atoms with Gasteiger partial charge in [0.25, 0.3) is 5.91 Å². The van der Waals surface area contributed by atoms with Crippen molar-refractivity contribution in [1.29, 1.82) is 0 Å². The second kappa shape index (κ2) is 6.98. The lowest BCUT2D eigenvalue weighted by molar-refractivity contribution is 0.0980. The van der Waals surface area contributed by atoms with Gasteiger partial charge in [-0.1, -0.05) is 30.3 Å². The molecule has 0 saturated carbocycles. The lowest BCUT2D eigenvalue weighted by Gasteiger charge is -2.26. The fourth-order valence-corrected chi connectivity index (χ4v) is 4.05. The topological polar surface area (TPSA) is 32.8 Å². The van der Waals surface area contributed by atoms with Gasteiger partial charge in [-0.15, -0.1) is 0 Å². The van der Waals surface area contributed by atoms with Gasteiger partial charge in [0.2, 0.25) is 0 Å². The van der Waals surface area contributed by atoms with Crippen molar-refractivity contribution in [3.63, 3.8) is 0 Å². The van der Waals surface area contributed by atoms with E-state index >= 15 is 0 Å². The summed E-state index contributed by atoms with van der Waals surface area (Å²) >= 11 is 0. The number of amides is 1. The van der Waals surface area contributed by atoms with Gasteiger partial charge in [-0.25, -0.2) is 0 Å². The van der Waals surface area contributed by atoms with Crippen molar-refractivity contribution < 1.29 is 9.53 Å². The Hall–Kier alpha value is -2.17. The van der Waals surface area contributed by atoms with E-state index in [9.17, 15) is 4.79 Å². The van der Waals surface area contributed by atoms with E-state index in [1.165, 1.54) is 18.4 Å². The maximum atomic E-state index is 13.3. The van der Waals surface area contributed by atoms with Crippen LogP contribution in [0.4, 0.5) is 5.69 Å². The van der Waals surface area contributed by atoms with Crippen LogP contribution < -0.4 is 4.90 Å². The average molecular weight is 336 g/mol. The number of nitrogens with zero attached hydrogens (tertiary/aromatic N) is 2. The van der Waals surface area contributed by atoms with Crippen molar-refractivity contribution in [2.75, 3.05) is 25.1 Å². The number of anilines is 1. The Kier molecular flexibility index (Phi) is 4.55. The van der Waals surface area contributed by atoms with E-state index in [0.717, 1.165) is 36.4 Å². The molecule has 1 atom stereocenters. The van der Waals surface area contributed by atoms with Gasteiger partial charge in [0.05, 0.1) is 6.61 Å². The van der Waals surface area contributed by atoms with E-state index in [1.54, 1.807) is 7.11 Å². The Morgan fingerprint density at radius 2 is 2.08 bits per heavy atom. The van der Waals surface area contributed by atoms with Crippen LogP contribution in [0.3, 0.4) is 0 Å². The smallest absolute Gasteiger partial charge is 0.258 e. The first kappa shape index (κ1) is 16.3. The Morgan fingerprint density at radius 1 is 1.20 bits per heavy atom. The first-order valence-corrected chi connectivity index (χ1v) is 8.98. The highest BCUT2D eigenvalue weighted by atomic mass is 16.5. The van der Waals surface area contributed by atoms with Crippen LogP contribution in [0.2, 0.25) is 0 Å². The standard InChI is InChI=1S/C21H24N2O2/c1-25-15-16-6-4-8-17(12-16)21(24)23-14-19-9-5-11-22(19)13-18-7-2-3-10-20(18)23/h2-4,6-8,10,12,19H,5,9,11,13-15H2,1H3. The van der Waals surface area contributed by atoms with Crippen LogP contribution >= 0.6 is 0 Å². The third kappa shape index (κ3) is 3.20. The minimum absolute atomic E-state index is 0.0825. The van der Waals surface area contributed by atoms with E-state index in [1.807, 2.05) is 35.2 Å². The normalized spacial score (nSPS) is 20.0. The average Bonchev–Trinajstić information content (AvgIpc) is 3.01. The molecule has 1 fully saturated rings. The second-order valence-electron chi connectivity index (χ2n) is 6.94. The van der Waals surface area contributed by atoms with Crippen molar-refractivity contribution in [2.45, 2.75) is 32.0 Å². The van der Waals surface area contributed by atoms with Gasteiger partial charge in [0.1, 0.15) is 0 Å². The third-order valence-electron chi connectivity index (χ3n) is 5.28. The SMILES string of the molecule is COCc1cccc(C(=O)N2CC3CCCN3Cc3ccccc32)c1. The molecule has 0 bridgehead atoms. The monoisotopic (exact) mass is 336 g/mol. The number of carbonyl (C=O) groups is 1. The summed E-state index contributed by atoms with van der Waals surface area (Å²) in [7, 11) is 1.67. The van der Waals surface area contributed by atoms with Gasteiger partial charge >= 0.3 is 0 Å². The molecular weight excluding hydrogens is 312 g/mol. The molecule has 2 heterocycles. The van der Waals surface area contributed by atoms with Crippen LogP contribution in [0, 0.1) is 0 Å². The Balaban J connectivity index is 1.70. The van der Waals surface area contributed by atoms with Crippen LogP contribution in [-0.2, 0) is 17.9 Å². The first-order valence-electron chi connectivity index (χ1n) is 8.98. The maximum absolute atomic E-state index is 13.3. The van der Waals surface area contributed by atoms with E-state index in [4.69, 9.17) is 4.74 Å². The van der Waals surface area contributed by atoms with Gasteiger partial charge in [-0.2, -0.15) is 0 Å². The second-order valence-corrected chi connectivity index (χ2v) is 6.94. The summed E-state index contributed by atoms with van der Waals surface area (Å²) < 4.78 is 5.21. The molecular formula is C21H24N2O2. The van der Waals surface area contributed by atoms with Gasteiger partial charge < -0.3 is 9.64 Å². The zero-order chi connectivity index (χ0) is 17.2. The quantitative estimate of drug-likeness (QED) is 0.860. The zero-order valence-corrected chi connectivity index (χ0v) is 14.6. The highest BCUT2D eigenvalue weighted by Crippen LogP contribution is 2.32. The lowest BCUT2D eigenvalue weighted by atomic mass is 10.1. The molecule has 130 valence electrons. The lowest BCUT2D eigenvalue weighted by Crippen LogP contribution is -2.40. The minimum atomic E-state index is 0.0825. The Bertz CT molecular complexity index is 774. The number of hydrogen-bond donors (Lipinski definition) is 0. The molecule has 2 aromatic carbocycles. The van der Waals surface area contributed by atoms with Crippen LogP contribution in [0.15, 0.2) is 48.5 Å². The highest BCUT2D eigenvalue weighted by Gasteiger charge is 2.33. The molecule has 0 spiro atoms. The number of rotatable bonds is 3. The van der Waals surface area contributed by atoms with Gasteiger partial charge in [0.15, 0.2) is 0 Å². The number of benzene rings is 2. The molecule has 0 aromatic heterocycles. The predicted octanol–water partition coefficient (Wildman–Crippen LogP) is 3.46. The van der Waals surface area contributed by atoms with Gasteiger partial charge in [0, 0.05) is 37.5 Å². The summed E-state index contributed by atoms with van der Waals surface area (Å²) in [5, 5.41) is 0. The number of methoxy groups -OCH3 is 1. The summed E-state index contributed by atoms with van der Waals surface area (Å²) in [4.78, 5) is 17.8. The molecule has 4 nitrogen and oxygen atoms in total. The third-order valence-corrected chi connectivity index (χ3v) is 5.28. The van der Waals surface area contributed by atoms with E-state index in [2.05, 4.69) is 23.1 Å². The minimum Gasteiger partial charge on any atom is -0.380 e. The molecule has 0 aliphatic carbocycles. The Morgan fingerprint density at radius 3 is 2.96 bits per heavy atom. The Labute approximate surface area is 149 Å². The van der Waals surface area contributed by atoms with Crippen molar-refractivity contribution in [2.24, 2.45) is 0 Å². The molecule has 2 aliphatic heterocycles. The van der Waals surface area contributed by atoms with Gasteiger partial charge in [-0.3, -0.25) is 9.69 Å². The fourth-order valence-electron chi connectivity index (χ4n) is 4.05. The predicted molar refractivity (Wildman–Crippen MR) is 98.7 cm³/mol. The van der Waals surface area contributed by atoms with Crippen LogP contribution in [0.1, 0.15) is 34.3 Å². The molecule has 1 saturated heterocycles.